The highest BCUT2D eigenvalue weighted by molar-refractivity contribution is 5.85. The molecule has 23 heavy (non-hydrogen) atoms. The van der Waals surface area contributed by atoms with Gasteiger partial charge in [0.25, 0.3) is 0 Å². The molecule has 0 aliphatic carbocycles. The van der Waals surface area contributed by atoms with Crippen molar-refractivity contribution in [3.63, 3.8) is 0 Å². The summed E-state index contributed by atoms with van der Waals surface area (Å²) < 4.78 is 5.91. The molecule has 0 saturated carbocycles. The minimum absolute atomic E-state index is 0. The van der Waals surface area contributed by atoms with Gasteiger partial charge in [-0.3, -0.25) is 4.79 Å². The van der Waals surface area contributed by atoms with Gasteiger partial charge in [0.2, 0.25) is 5.91 Å². The molecule has 0 fully saturated rings. The highest BCUT2D eigenvalue weighted by Gasteiger charge is 2.07. The Hall–Kier alpha value is -1.26. The fourth-order valence-corrected chi connectivity index (χ4v) is 2.16. The van der Waals surface area contributed by atoms with Gasteiger partial charge in [0, 0.05) is 18.5 Å². The molecule has 0 aliphatic heterocycles. The Bertz CT molecular complexity index is 464. The lowest BCUT2D eigenvalue weighted by molar-refractivity contribution is -0.121. The molecule has 0 radical (unpaired) electrons. The van der Waals surface area contributed by atoms with Crippen LogP contribution in [-0.2, 0) is 11.3 Å². The topological polar surface area (TPSA) is 64.4 Å². The van der Waals surface area contributed by atoms with E-state index in [1.54, 1.807) is 0 Å². The van der Waals surface area contributed by atoms with Gasteiger partial charge < -0.3 is 15.8 Å². The first-order chi connectivity index (χ1) is 10.5. The zero-order valence-electron chi connectivity index (χ0n) is 14.6. The zero-order valence-corrected chi connectivity index (χ0v) is 15.4. The second-order valence-electron chi connectivity index (χ2n) is 6.16. The van der Waals surface area contributed by atoms with Gasteiger partial charge in [-0.15, -0.1) is 12.4 Å². The molecule has 0 saturated heterocycles. The van der Waals surface area contributed by atoms with Gasteiger partial charge in [0.1, 0.15) is 5.75 Å². The van der Waals surface area contributed by atoms with E-state index in [9.17, 15) is 4.79 Å². The van der Waals surface area contributed by atoms with Crippen molar-refractivity contribution < 1.29 is 9.53 Å². The first-order valence-corrected chi connectivity index (χ1v) is 8.22. The van der Waals surface area contributed by atoms with E-state index in [-0.39, 0.29) is 18.3 Å². The largest absolute Gasteiger partial charge is 0.493 e. The van der Waals surface area contributed by atoms with Crippen LogP contribution in [-0.4, -0.2) is 19.1 Å². The average Bonchev–Trinajstić information content (AvgIpc) is 2.48. The Kier molecular flexibility index (Phi) is 11.5. The maximum absolute atomic E-state index is 11.7. The summed E-state index contributed by atoms with van der Waals surface area (Å²) in [5, 5.41) is 2.93. The van der Waals surface area contributed by atoms with Crippen LogP contribution in [0.1, 0.15) is 50.7 Å². The SMILES string of the molecule is Cc1ccc(CNC(=O)CCCN)c(OCCCC(C)C)c1.Cl. The number of nitrogens with two attached hydrogens (primary N) is 1. The molecule has 1 amide bonds. The fourth-order valence-electron chi connectivity index (χ4n) is 2.16. The number of aryl methyl sites for hydroxylation is 1. The summed E-state index contributed by atoms with van der Waals surface area (Å²) in [6.45, 7) is 8.25. The van der Waals surface area contributed by atoms with Gasteiger partial charge in [-0.1, -0.05) is 26.0 Å². The van der Waals surface area contributed by atoms with Crippen LogP contribution in [0.4, 0.5) is 0 Å². The number of carbonyl (C=O) groups excluding carboxylic acids is 1. The van der Waals surface area contributed by atoms with Crippen molar-refractivity contribution in [3.8, 4) is 5.75 Å². The molecule has 0 spiro atoms. The van der Waals surface area contributed by atoms with Crippen LogP contribution < -0.4 is 15.8 Å². The summed E-state index contributed by atoms with van der Waals surface area (Å²) in [4.78, 5) is 11.7. The van der Waals surface area contributed by atoms with Crippen LogP contribution in [0.15, 0.2) is 18.2 Å². The maximum atomic E-state index is 11.7. The fraction of sp³-hybridized carbons (Fsp3) is 0.611. The third kappa shape index (κ3) is 9.47. The van der Waals surface area contributed by atoms with Crippen LogP contribution in [0.2, 0.25) is 0 Å². The second-order valence-corrected chi connectivity index (χ2v) is 6.16. The molecule has 5 heteroatoms. The molecular formula is C18H31ClN2O2. The molecule has 4 nitrogen and oxygen atoms in total. The van der Waals surface area contributed by atoms with Crippen molar-refractivity contribution in [1.82, 2.24) is 5.32 Å². The Balaban J connectivity index is 0.00000484. The molecular weight excluding hydrogens is 312 g/mol. The quantitative estimate of drug-likeness (QED) is 0.639. The minimum Gasteiger partial charge on any atom is -0.493 e. The number of nitrogens with one attached hydrogen (secondary N) is 1. The van der Waals surface area contributed by atoms with Crippen LogP contribution in [0.5, 0.6) is 5.75 Å². The van der Waals surface area contributed by atoms with Gasteiger partial charge in [-0.2, -0.15) is 0 Å². The number of hydrogen-bond donors (Lipinski definition) is 2. The van der Waals surface area contributed by atoms with Crippen LogP contribution in [0, 0.1) is 12.8 Å². The molecule has 0 bridgehead atoms. The predicted octanol–water partition coefficient (Wildman–Crippen LogP) is 3.59. The molecule has 0 aromatic heterocycles. The molecule has 0 atom stereocenters. The Morgan fingerprint density at radius 3 is 2.70 bits per heavy atom. The van der Waals surface area contributed by atoms with E-state index in [4.69, 9.17) is 10.5 Å². The molecule has 3 N–H and O–H groups in total. The van der Waals surface area contributed by atoms with Gasteiger partial charge in [0.15, 0.2) is 0 Å². The van der Waals surface area contributed by atoms with Gasteiger partial charge in [-0.05, 0) is 50.3 Å². The number of carbonyl (C=O) groups is 1. The van der Waals surface area contributed by atoms with Crippen LogP contribution in [0.25, 0.3) is 0 Å². The third-order valence-corrected chi connectivity index (χ3v) is 3.49. The van der Waals surface area contributed by atoms with Crippen molar-refractivity contribution in [2.24, 2.45) is 11.7 Å². The van der Waals surface area contributed by atoms with E-state index in [1.807, 2.05) is 25.1 Å². The van der Waals surface area contributed by atoms with E-state index in [0.717, 1.165) is 42.7 Å². The summed E-state index contributed by atoms with van der Waals surface area (Å²) in [7, 11) is 0. The minimum atomic E-state index is 0. The molecule has 1 aromatic carbocycles. The van der Waals surface area contributed by atoms with Crippen molar-refractivity contribution in [2.75, 3.05) is 13.2 Å². The lowest BCUT2D eigenvalue weighted by atomic mass is 10.1. The van der Waals surface area contributed by atoms with Gasteiger partial charge in [0.05, 0.1) is 6.61 Å². The van der Waals surface area contributed by atoms with Crippen molar-refractivity contribution >= 4 is 18.3 Å². The lowest BCUT2D eigenvalue weighted by Gasteiger charge is -2.14. The van der Waals surface area contributed by atoms with Crippen LogP contribution in [0.3, 0.4) is 0 Å². The highest BCUT2D eigenvalue weighted by atomic mass is 35.5. The number of halogens is 1. The number of benzene rings is 1. The predicted molar refractivity (Wildman–Crippen MR) is 98.1 cm³/mol. The zero-order chi connectivity index (χ0) is 16.4. The molecule has 0 unspecified atom stereocenters. The highest BCUT2D eigenvalue weighted by Crippen LogP contribution is 2.21. The average molecular weight is 343 g/mol. The smallest absolute Gasteiger partial charge is 0.220 e. The Morgan fingerprint density at radius 2 is 2.04 bits per heavy atom. The second kappa shape index (κ2) is 12.2. The Labute approximate surface area is 146 Å². The molecule has 0 heterocycles. The summed E-state index contributed by atoms with van der Waals surface area (Å²) in [6, 6.07) is 6.11. The first-order valence-electron chi connectivity index (χ1n) is 8.22. The third-order valence-electron chi connectivity index (χ3n) is 3.49. The molecule has 1 aromatic rings. The summed E-state index contributed by atoms with van der Waals surface area (Å²) in [5.41, 5.74) is 7.60. The Morgan fingerprint density at radius 1 is 1.30 bits per heavy atom. The molecule has 132 valence electrons. The molecule has 1 rings (SSSR count). The van der Waals surface area contributed by atoms with E-state index in [2.05, 4.69) is 19.2 Å². The number of amides is 1. The number of ether oxygens (including phenoxy) is 1. The lowest BCUT2D eigenvalue weighted by Crippen LogP contribution is -2.23. The number of hydrogen-bond acceptors (Lipinski definition) is 3. The van der Waals surface area contributed by atoms with Crippen molar-refractivity contribution in [2.45, 2.75) is 53.0 Å². The van der Waals surface area contributed by atoms with Crippen molar-refractivity contribution in [1.29, 1.82) is 0 Å². The summed E-state index contributed by atoms with van der Waals surface area (Å²) >= 11 is 0. The molecule has 0 aliphatic rings. The van der Waals surface area contributed by atoms with E-state index >= 15 is 0 Å². The standard InChI is InChI=1S/C18H30N2O2.ClH/c1-14(2)6-5-11-22-17-12-15(3)8-9-16(17)13-20-18(21)7-4-10-19;/h8-9,12,14H,4-7,10-11,13,19H2,1-3H3,(H,20,21);1H. The van der Waals surface area contributed by atoms with Gasteiger partial charge >= 0.3 is 0 Å². The normalized spacial score (nSPS) is 10.3. The van der Waals surface area contributed by atoms with E-state index in [1.165, 1.54) is 0 Å². The van der Waals surface area contributed by atoms with Crippen LogP contribution >= 0.6 is 12.4 Å². The van der Waals surface area contributed by atoms with Crippen molar-refractivity contribution in [3.05, 3.63) is 29.3 Å². The monoisotopic (exact) mass is 342 g/mol. The van der Waals surface area contributed by atoms with E-state index in [0.29, 0.717) is 25.4 Å². The number of rotatable bonds is 10. The maximum Gasteiger partial charge on any atom is 0.220 e. The summed E-state index contributed by atoms with van der Waals surface area (Å²) in [5.74, 6) is 1.61. The van der Waals surface area contributed by atoms with Gasteiger partial charge in [-0.25, -0.2) is 0 Å². The first kappa shape index (κ1) is 21.7. The van der Waals surface area contributed by atoms with E-state index < -0.39 is 0 Å². The summed E-state index contributed by atoms with van der Waals surface area (Å²) in [6.07, 6.45) is 3.41.